The van der Waals surface area contributed by atoms with Crippen LogP contribution in [0.2, 0.25) is 0 Å². The van der Waals surface area contributed by atoms with Crippen molar-refractivity contribution in [2.45, 2.75) is 12.8 Å². The molecule has 5 rings (SSSR count). The molecule has 2 aliphatic rings. The Kier molecular flexibility index (Phi) is 8.68. The van der Waals surface area contributed by atoms with Crippen LogP contribution in [0, 0.1) is 0 Å². The number of benzene rings is 2. The van der Waals surface area contributed by atoms with Gasteiger partial charge in [-0.3, -0.25) is 19.4 Å². The average molecular weight is 534 g/mol. The summed E-state index contributed by atoms with van der Waals surface area (Å²) in [6.45, 7) is 7.54. The van der Waals surface area contributed by atoms with Gasteiger partial charge in [-0.25, -0.2) is 0 Å². The minimum atomic E-state index is 0.0316. The number of carbonyl (C=O) groups excluding carboxylic acids is 2. The maximum atomic E-state index is 13.0. The first-order chi connectivity index (χ1) is 19.0. The molecular formula is C30H39N5O4. The summed E-state index contributed by atoms with van der Waals surface area (Å²) in [6.07, 6.45) is 4.20. The highest BCUT2D eigenvalue weighted by atomic mass is 16.5. The summed E-state index contributed by atoms with van der Waals surface area (Å²) in [5, 5.41) is 1.23. The molecule has 39 heavy (non-hydrogen) atoms. The van der Waals surface area contributed by atoms with Crippen LogP contribution in [-0.2, 0) is 11.2 Å². The summed E-state index contributed by atoms with van der Waals surface area (Å²) in [5.74, 6) is 1.84. The van der Waals surface area contributed by atoms with E-state index in [1.165, 1.54) is 10.9 Å². The number of hydrogen-bond acceptors (Lipinski definition) is 6. The molecule has 0 spiro atoms. The number of piperazine rings is 2. The minimum Gasteiger partial charge on any atom is -0.497 e. The van der Waals surface area contributed by atoms with Gasteiger partial charge in [0.15, 0.2) is 0 Å². The van der Waals surface area contributed by atoms with E-state index in [1.807, 2.05) is 28.0 Å². The van der Waals surface area contributed by atoms with Crippen molar-refractivity contribution in [1.29, 1.82) is 0 Å². The van der Waals surface area contributed by atoms with Crippen LogP contribution >= 0.6 is 0 Å². The second kappa shape index (κ2) is 12.5. The topological polar surface area (TPSA) is 81.4 Å². The highest BCUT2D eigenvalue weighted by Gasteiger charge is 2.26. The second-order valence-corrected chi connectivity index (χ2v) is 10.3. The van der Waals surface area contributed by atoms with Gasteiger partial charge in [0.05, 0.1) is 20.8 Å². The van der Waals surface area contributed by atoms with Crippen LogP contribution < -0.4 is 9.47 Å². The molecule has 0 radical (unpaired) electrons. The normalized spacial score (nSPS) is 17.0. The second-order valence-electron chi connectivity index (χ2n) is 10.3. The molecule has 1 N–H and O–H groups in total. The van der Waals surface area contributed by atoms with Crippen LogP contribution in [0.5, 0.6) is 11.5 Å². The Morgan fingerprint density at radius 2 is 1.44 bits per heavy atom. The molecular weight excluding hydrogens is 494 g/mol. The fourth-order valence-corrected chi connectivity index (χ4v) is 5.52. The van der Waals surface area contributed by atoms with Crippen LogP contribution in [0.15, 0.2) is 48.7 Å². The number of methoxy groups -OCH3 is 2. The summed E-state index contributed by atoms with van der Waals surface area (Å²) in [6, 6.07) is 13.4. The summed E-state index contributed by atoms with van der Waals surface area (Å²) < 4.78 is 10.6. The van der Waals surface area contributed by atoms with Gasteiger partial charge in [0.1, 0.15) is 11.5 Å². The first-order valence-corrected chi connectivity index (χ1v) is 13.8. The van der Waals surface area contributed by atoms with Crippen molar-refractivity contribution in [3.05, 3.63) is 59.8 Å². The molecule has 2 aromatic carbocycles. The highest BCUT2D eigenvalue weighted by molar-refractivity contribution is 5.94. The van der Waals surface area contributed by atoms with E-state index in [0.717, 1.165) is 62.6 Å². The van der Waals surface area contributed by atoms with Crippen molar-refractivity contribution in [2.75, 3.05) is 79.7 Å². The Labute approximate surface area is 230 Å². The van der Waals surface area contributed by atoms with Gasteiger partial charge in [-0.05, 0) is 67.4 Å². The van der Waals surface area contributed by atoms with Crippen molar-refractivity contribution in [3.63, 3.8) is 0 Å². The number of hydrogen-bond donors (Lipinski definition) is 1. The number of nitrogens with zero attached hydrogens (tertiary/aromatic N) is 4. The monoisotopic (exact) mass is 533 g/mol. The SMILES string of the molecule is COc1ccc(C(=O)N2CCN(CC(=O)N3CCN(CCCc4c[nH]c5ccc(OC)cc45)CC3)CC2)cc1. The van der Waals surface area contributed by atoms with Gasteiger partial charge in [-0.1, -0.05) is 0 Å². The summed E-state index contributed by atoms with van der Waals surface area (Å²) >= 11 is 0. The van der Waals surface area contributed by atoms with Gasteiger partial charge in [0, 0.05) is 75.0 Å². The molecule has 2 amide bonds. The van der Waals surface area contributed by atoms with Crippen LogP contribution in [0.1, 0.15) is 22.3 Å². The lowest BCUT2D eigenvalue weighted by atomic mass is 10.1. The number of ether oxygens (including phenoxy) is 2. The van der Waals surface area contributed by atoms with Crippen molar-refractivity contribution in [2.24, 2.45) is 0 Å². The zero-order valence-corrected chi connectivity index (χ0v) is 23.0. The highest BCUT2D eigenvalue weighted by Crippen LogP contribution is 2.24. The number of carbonyl (C=O) groups is 2. The molecule has 0 unspecified atom stereocenters. The van der Waals surface area contributed by atoms with Crippen molar-refractivity contribution in [3.8, 4) is 11.5 Å². The van der Waals surface area contributed by atoms with E-state index in [-0.39, 0.29) is 11.8 Å². The number of fused-ring (bicyclic) bond motifs is 1. The molecule has 0 aliphatic carbocycles. The number of amides is 2. The molecule has 0 bridgehead atoms. The van der Waals surface area contributed by atoms with E-state index in [9.17, 15) is 9.59 Å². The number of aromatic nitrogens is 1. The first kappa shape index (κ1) is 27.0. The van der Waals surface area contributed by atoms with E-state index in [4.69, 9.17) is 9.47 Å². The standard InChI is InChI=1S/C30H39N5O4/c1-38-25-7-5-23(6-8-25)30(37)35-18-14-33(15-19-35)22-29(36)34-16-12-32(13-17-34)11-3-4-24-21-31-28-10-9-26(39-2)20-27(24)28/h5-10,20-21,31H,3-4,11-19,22H2,1-2H3. The van der Waals surface area contributed by atoms with E-state index >= 15 is 0 Å². The van der Waals surface area contributed by atoms with E-state index in [1.54, 1.807) is 26.4 Å². The largest absolute Gasteiger partial charge is 0.497 e. The summed E-state index contributed by atoms with van der Waals surface area (Å²) in [7, 11) is 3.31. The zero-order valence-electron chi connectivity index (χ0n) is 23.0. The van der Waals surface area contributed by atoms with Gasteiger partial charge in [-0.2, -0.15) is 0 Å². The lowest BCUT2D eigenvalue weighted by molar-refractivity contribution is -0.134. The number of aromatic amines is 1. The molecule has 0 saturated carbocycles. The quantitative estimate of drug-likeness (QED) is 0.456. The average Bonchev–Trinajstić information content (AvgIpc) is 3.39. The Hall–Kier alpha value is -3.56. The van der Waals surface area contributed by atoms with E-state index < -0.39 is 0 Å². The third-order valence-electron chi connectivity index (χ3n) is 7.98. The van der Waals surface area contributed by atoms with Gasteiger partial charge in [-0.15, -0.1) is 0 Å². The molecule has 2 fully saturated rings. The van der Waals surface area contributed by atoms with Crippen molar-refractivity contribution >= 4 is 22.7 Å². The molecule has 2 aliphatic heterocycles. The molecule has 3 aromatic rings. The fraction of sp³-hybridized carbons (Fsp3) is 0.467. The van der Waals surface area contributed by atoms with Crippen LogP contribution in [0.4, 0.5) is 0 Å². The minimum absolute atomic E-state index is 0.0316. The van der Waals surface area contributed by atoms with Gasteiger partial charge < -0.3 is 24.3 Å². The Bertz CT molecular complexity index is 1260. The van der Waals surface area contributed by atoms with Gasteiger partial charge in [0.25, 0.3) is 5.91 Å². The number of nitrogens with one attached hydrogen (secondary N) is 1. The Morgan fingerprint density at radius 1 is 0.795 bits per heavy atom. The van der Waals surface area contributed by atoms with Crippen LogP contribution in [0.25, 0.3) is 10.9 Å². The number of rotatable bonds is 9. The molecule has 2 saturated heterocycles. The predicted octanol–water partition coefficient (Wildman–Crippen LogP) is 2.72. The smallest absolute Gasteiger partial charge is 0.253 e. The van der Waals surface area contributed by atoms with Crippen LogP contribution in [-0.4, -0.2) is 116 Å². The number of aryl methyl sites for hydroxylation is 1. The van der Waals surface area contributed by atoms with Crippen molar-refractivity contribution in [1.82, 2.24) is 24.6 Å². The van der Waals surface area contributed by atoms with E-state index in [2.05, 4.69) is 33.1 Å². The van der Waals surface area contributed by atoms with Crippen molar-refractivity contribution < 1.29 is 19.1 Å². The van der Waals surface area contributed by atoms with Gasteiger partial charge in [0.2, 0.25) is 5.91 Å². The lowest BCUT2D eigenvalue weighted by Crippen LogP contribution is -2.54. The first-order valence-electron chi connectivity index (χ1n) is 13.8. The Balaban J connectivity index is 1.01. The molecule has 9 heteroatoms. The maximum absolute atomic E-state index is 13.0. The molecule has 1 aromatic heterocycles. The van der Waals surface area contributed by atoms with Crippen LogP contribution in [0.3, 0.4) is 0 Å². The summed E-state index contributed by atoms with van der Waals surface area (Å²) in [4.78, 5) is 37.6. The molecule has 208 valence electrons. The third-order valence-corrected chi connectivity index (χ3v) is 7.98. The maximum Gasteiger partial charge on any atom is 0.253 e. The molecule has 0 atom stereocenters. The van der Waals surface area contributed by atoms with E-state index in [0.29, 0.717) is 38.3 Å². The number of H-pyrrole nitrogens is 1. The Morgan fingerprint density at radius 3 is 2.13 bits per heavy atom. The molecule has 3 heterocycles. The lowest BCUT2D eigenvalue weighted by Gasteiger charge is -2.38. The van der Waals surface area contributed by atoms with Gasteiger partial charge >= 0.3 is 0 Å². The third kappa shape index (κ3) is 6.54. The predicted molar refractivity (Wildman–Crippen MR) is 152 cm³/mol. The molecule has 9 nitrogen and oxygen atoms in total. The fourth-order valence-electron chi connectivity index (χ4n) is 5.52. The zero-order chi connectivity index (χ0) is 27.2. The summed E-state index contributed by atoms with van der Waals surface area (Å²) in [5.41, 5.74) is 3.13.